The van der Waals surface area contributed by atoms with Crippen molar-refractivity contribution in [3.05, 3.63) is 56.9 Å². The minimum Gasteiger partial charge on any atom is -0.508 e. The van der Waals surface area contributed by atoms with Crippen LogP contribution >= 0.6 is 0 Å². The number of nitrogens with one attached hydrogen (secondary N) is 1. The summed E-state index contributed by atoms with van der Waals surface area (Å²) in [6, 6.07) is 5.37. The van der Waals surface area contributed by atoms with E-state index < -0.39 is 59.0 Å². The average Bonchev–Trinajstić information content (AvgIpc) is 3.50. The molecule has 0 aliphatic carbocycles. The number of rotatable bonds is 16. The molecule has 4 heterocycles. The lowest BCUT2D eigenvalue weighted by atomic mass is 9.85. The number of aromatic nitrogens is 2. The van der Waals surface area contributed by atoms with Crippen molar-refractivity contribution >= 4 is 34.7 Å². The number of ether oxygens (including phenoxy) is 5. The zero-order valence-electron chi connectivity index (χ0n) is 35.0. The van der Waals surface area contributed by atoms with Gasteiger partial charge in [-0.1, -0.05) is 34.6 Å². The van der Waals surface area contributed by atoms with E-state index in [1.807, 2.05) is 48.5 Å². The molecular formula is C43H57N3O12. The number of amides is 1. The van der Waals surface area contributed by atoms with Crippen molar-refractivity contribution in [3.8, 4) is 17.1 Å². The molecule has 0 bridgehead atoms. The van der Waals surface area contributed by atoms with Gasteiger partial charge in [-0.15, -0.1) is 0 Å². The summed E-state index contributed by atoms with van der Waals surface area (Å²) in [4.78, 5) is 71.5. The number of esters is 3. The molecule has 0 saturated carbocycles. The van der Waals surface area contributed by atoms with Gasteiger partial charge >= 0.3 is 17.9 Å². The van der Waals surface area contributed by atoms with Gasteiger partial charge in [0.2, 0.25) is 11.5 Å². The molecule has 3 N–H and O–H groups in total. The summed E-state index contributed by atoms with van der Waals surface area (Å²) in [5, 5.41) is 23.4. The number of pyridine rings is 2. The maximum atomic E-state index is 14.0. The molecule has 0 saturated heterocycles. The quantitative estimate of drug-likeness (QED) is 0.0770. The minimum atomic E-state index is -1.97. The summed E-state index contributed by atoms with van der Waals surface area (Å²) in [6.07, 6.45) is -0.435. The Kier molecular flexibility index (Phi) is 13.4. The molecule has 2 aromatic heterocycles. The van der Waals surface area contributed by atoms with Crippen molar-refractivity contribution < 1.29 is 53.1 Å². The molecule has 2 aliphatic heterocycles. The van der Waals surface area contributed by atoms with Crippen LogP contribution in [0, 0.1) is 5.41 Å². The van der Waals surface area contributed by atoms with E-state index in [0.717, 1.165) is 16.5 Å². The maximum absolute atomic E-state index is 14.0. The summed E-state index contributed by atoms with van der Waals surface area (Å²) in [7, 11) is 0. The number of carbonyl (C=O) groups is 4. The van der Waals surface area contributed by atoms with Crippen molar-refractivity contribution in [1.82, 2.24) is 14.9 Å². The number of hydrogen-bond acceptors (Lipinski definition) is 13. The number of benzene rings is 1. The van der Waals surface area contributed by atoms with Crippen molar-refractivity contribution in [2.24, 2.45) is 5.41 Å². The number of phenolic OH excluding ortho intramolecular Hbond substituents is 1. The molecule has 1 amide bonds. The lowest BCUT2D eigenvalue weighted by molar-refractivity contribution is -0.241. The molecule has 0 radical (unpaired) electrons. The number of aliphatic hydroxyl groups is 1. The second-order valence-electron chi connectivity index (χ2n) is 17.2. The summed E-state index contributed by atoms with van der Waals surface area (Å²) in [5.41, 5.74) is 0.694. The molecule has 316 valence electrons. The number of nitrogens with zero attached hydrogens (tertiary/aromatic N) is 2. The van der Waals surface area contributed by atoms with Gasteiger partial charge in [-0.3, -0.25) is 14.4 Å². The van der Waals surface area contributed by atoms with Crippen molar-refractivity contribution in [3.63, 3.8) is 0 Å². The van der Waals surface area contributed by atoms with Gasteiger partial charge in [0.15, 0.2) is 6.29 Å². The predicted octanol–water partition coefficient (Wildman–Crippen LogP) is 5.07. The Morgan fingerprint density at radius 2 is 1.78 bits per heavy atom. The molecule has 58 heavy (non-hydrogen) atoms. The second-order valence-corrected chi connectivity index (χ2v) is 17.2. The molecule has 5 rings (SSSR count). The number of cyclic esters (lactones) is 1. The van der Waals surface area contributed by atoms with E-state index in [4.69, 9.17) is 28.7 Å². The Morgan fingerprint density at radius 1 is 1.05 bits per heavy atom. The predicted molar refractivity (Wildman–Crippen MR) is 213 cm³/mol. The lowest BCUT2D eigenvalue weighted by Crippen LogP contribution is -2.50. The zero-order chi connectivity index (χ0) is 42.7. The fraction of sp³-hybridized carbons (Fsp3) is 0.581. The van der Waals surface area contributed by atoms with Crippen LogP contribution < -0.4 is 10.9 Å². The Bertz CT molecular complexity index is 2110. The Morgan fingerprint density at radius 3 is 2.41 bits per heavy atom. The van der Waals surface area contributed by atoms with Gasteiger partial charge in [-0.05, 0) is 88.6 Å². The van der Waals surface area contributed by atoms with E-state index in [2.05, 4.69) is 5.32 Å². The first kappa shape index (κ1) is 44.2. The van der Waals surface area contributed by atoms with Crippen LogP contribution in [0.4, 0.5) is 0 Å². The van der Waals surface area contributed by atoms with Crippen LogP contribution in [0.3, 0.4) is 0 Å². The normalized spacial score (nSPS) is 17.7. The number of carbonyl (C=O) groups excluding carboxylic acids is 4. The van der Waals surface area contributed by atoms with Gasteiger partial charge in [-0.2, -0.15) is 0 Å². The number of aromatic hydroxyl groups is 1. The fourth-order valence-electron chi connectivity index (χ4n) is 7.52. The van der Waals surface area contributed by atoms with Gasteiger partial charge in [0, 0.05) is 29.4 Å². The van der Waals surface area contributed by atoms with Crippen LogP contribution in [0.15, 0.2) is 29.1 Å². The molecule has 4 unspecified atom stereocenters. The highest BCUT2D eigenvalue weighted by atomic mass is 16.7. The van der Waals surface area contributed by atoms with E-state index >= 15 is 0 Å². The van der Waals surface area contributed by atoms with Crippen molar-refractivity contribution in [2.45, 2.75) is 144 Å². The molecule has 2 aliphatic rings. The van der Waals surface area contributed by atoms with Gasteiger partial charge in [0.05, 0.1) is 47.3 Å². The van der Waals surface area contributed by atoms with Gasteiger partial charge in [0.25, 0.3) is 5.56 Å². The highest BCUT2D eigenvalue weighted by Gasteiger charge is 2.51. The van der Waals surface area contributed by atoms with Crippen LogP contribution in [0.5, 0.6) is 5.75 Å². The summed E-state index contributed by atoms with van der Waals surface area (Å²) in [6.45, 7) is 16.1. The van der Waals surface area contributed by atoms with Gasteiger partial charge in [0.1, 0.15) is 25.0 Å². The number of phenols is 1. The van der Waals surface area contributed by atoms with Crippen molar-refractivity contribution in [2.75, 3.05) is 13.2 Å². The fourth-order valence-corrected chi connectivity index (χ4v) is 7.52. The van der Waals surface area contributed by atoms with Crippen LogP contribution in [0.2, 0.25) is 0 Å². The summed E-state index contributed by atoms with van der Waals surface area (Å²) < 4.78 is 30.2. The monoisotopic (exact) mass is 807 g/mol. The molecule has 3 aromatic rings. The number of hydrogen-bond donors (Lipinski definition) is 3. The van der Waals surface area contributed by atoms with Crippen molar-refractivity contribution in [1.29, 1.82) is 0 Å². The topological polar surface area (TPSA) is 202 Å². The number of aliphatic hydroxyl groups excluding tert-OH is 1. The Labute approximate surface area is 338 Å². The van der Waals surface area contributed by atoms with Crippen LogP contribution in [-0.4, -0.2) is 80.8 Å². The molecule has 4 atom stereocenters. The first-order chi connectivity index (χ1) is 27.2. The van der Waals surface area contributed by atoms with E-state index in [1.165, 1.54) is 6.92 Å². The third-order valence-corrected chi connectivity index (χ3v) is 10.2. The summed E-state index contributed by atoms with van der Waals surface area (Å²) in [5.74, 6) is -2.78. The maximum Gasteiger partial charge on any atom is 0.355 e. The summed E-state index contributed by atoms with van der Waals surface area (Å²) >= 11 is 0. The number of fused-ring (bicyclic) bond motifs is 5. The molecule has 0 spiro atoms. The standard InChI is InChI=1S/C43H57N3O12/c1-10-27-28-17-25(48)15-16-32(28)45-37-29(27)20-46-33(37)18-31-30(38(46)51)22-55-40(53)43(31,11-2)58-39(52)24(3)44-34(49)13-12-14-35(50)54-23-36(57-42(7,8)9)56-26(21-47)19-41(4,5)6/h15-18,24,26,36,47-48H,10-14,19-23H2,1-9H3,(H,44,49). The van der Waals surface area contributed by atoms with E-state index in [1.54, 1.807) is 35.8 Å². The van der Waals surface area contributed by atoms with Gasteiger partial charge in [-0.25, -0.2) is 14.6 Å². The SMILES string of the molecule is CCc1c2c(nc3ccc(O)cc13)-c1cc3c(c(=O)n1C2)COC(=O)C3(CC)OC(=O)C(C)NC(=O)CCCC(=O)OCC(OC(CO)CC(C)(C)C)OC(C)(C)C. The average molecular weight is 808 g/mol. The van der Waals surface area contributed by atoms with Crippen LogP contribution in [-0.2, 0) is 68.0 Å². The van der Waals surface area contributed by atoms with Crippen LogP contribution in [0.25, 0.3) is 22.3 Å². The van der Waals surface area contributed by atoms with Crippen LogP contribution in [0.1, 0.15) is 117 Å². The smallest absolute Gasteiger partial charge is 0.355 e. The number of aryl methyl sites for hydroxylation is 1. The highest BCUT2D eigenvalue weighted by Crippen LogP contribution is 2.42. The third kappa shape index (κ3) is 9.87. The zero-order valence-corrected chi connectivity index (χ0v) is 35.0. The molecule has 15 heteroatoms. The van der Waals surface area contributed by atoms with Gasteiger partial charge < -0.3 is 43.8 Å². The van der Waals surface area contributed by atoms with E-state index in [9.17, 15) is 34.2 Å². The van der Waals surface area contributed by atoms with E-state index in [-0.39, 0.29) is 74.3 Å². The Hall–Kier alpha value is -4.86. The molecule has 15 nitrogen and oxygen atoms in total. The largest absolute Gasteiger partial charge is 0.508 e. The molecule has 0 fully saturated rings. The first-order valence-electron chi connectivity index (χ1n) is 19.9. The highest BCUT2D eigenvalue weighted by molar-refractivity contribution is 5.91. The molecular weight excluding hydrogens is 750 g/mol. The minimum absolute atomic E-state index is 0.0579. The molecule has 1 aromatic carbocycles. The lowest BCUT2D eigenvalue weighted by Gasteiger charge is -2.36. The first-order valence-corrected chi connectivity index (χ1v) is 19.9. The second kappa shape index (κ2) is 17.6. The van der Waals surface area contributed by atoms with E-state index in [0.29, 0.717) is 29.7 Å². The Balaban J connectivity index is 1.23. The third-order valence-electron chi connectivity index (χ3n) is 10.2.